The van der Waals surface area contributed by atoms with Gasteiger partial charge in [-0.15, -0.1) is 0 Å². The second kappa shape index (κ2) is 7.41. The molecule has 1 saturated carbocycles. The first-order valence-electron chi connectivity index (χ1n) is 7.65. The number of hydrogen-bond acceptors (Lipinski definition) is 3. The topological polar surface area (TPSA) is 43.4 Å². The van der Waals surface area contributed by atoms with Gasteiger partial charge in [-0.1, -0.05) is 37.0 Å². The molecule has 0 spiro atoms. The lowest BCUT2D eigenvalue weighted by atomic mass is 10.1. The van der Waals surface area contributed by atoms with Crippen molar-refractivity contribution in [3.05, 3.63) is 29.8 Å². The zero-order valence-electron chi connectivity index (χ0n) is 12.7. The van der Waals surface area contributed by atoms with Crippen LogP contribution < -0.4 is 0 Å². The van der Waals surface area contributed by atoms with Crippen LogP contribution in [0, 0.1) is 12.8 Å². The summed E-state index contributed by atoms with van der Waals surface area (Å²) in [6.07, 6.45) is 5.07. The van der Waals surface area contributed by atoms with E-state index in [1.165, 1.54) is 0 Å². The zero-order chi connectivity index (χ0) is 16.2. The van der Waals surface area contributed by atoms with Gasteiger partial charge in [0.05, 0.1) is 11.5 Å². The summed E-state index contributed by atoms with van der Waals surface area (Å²) in [4.78, 5) is 0.198. The molecule has 0 aliphatic heterocycles. The van der Waals surface area contributed by atoms with Crippen molar-refractivity contribution in [1.82, 2.24) is 0 Å². The van der Waals surface area contributed by atoms with Crippen LogP contribution in [0.3, 0.4) is 0 Å². The summed E-state index contributed by atoms with van der Waals surface area (Å²) in [5, 5.41) is 0. The standard InChI is InChI=1S/C16H22BrFO3S/c1-13-7-9-15(10-8-13)22(19,20)21-11-5-3-2-4-6-14-12-16(14,17)18/h7-10,14H,2-6,11-12H2,1H3. The first-order valence-corrected chi connectivity index (χ1v) is 9.85. The van der Waals surface area contributed by atoms with Gasteiger partial charge in [-0.25, -0.2) is 4.39 Å². The van der Waals surface area contributed by atoms with Crippen LogP contribution in [-0.2, 0) is 14.3 Å². The molecule has 3 nitrogen and oxygen atoms in total. The molecule has 124 valence electrons. The fourth-order valence-corrected chi connectivity index (χ4v) is 3.93. The molecule has 2 rings (SSSR count). The summed E-state index contributed by atoms with van der Waals surface area (Å²) in [7, 11) is -3.64. The smallest absolute Gasteiger partial charge is 0.266 e. The van der Waals surface area contributed by atoms with E-state index in [-0.39, 0.29) is 17.4 Å². The van der Waals surface area contributed by atoms with Crippen LogP contribution in [0.2, 0.25) is 0 Å². The van der Waals surface area contributed by atoms with E-state index in [2.05, 4.69) is 15.9 Å². The van der Waals surface area contributed by atoms with Crippen molar-refractivity contribution in [3.63, 3.8) is 0 Å². The molecule has 22 heavy (non-hydrogen) atoms. The van der Waals surface area contributed by atoms with Crippen LogP contribution in [0.1, 0.15) is 44.1 Å². The van der Waals surface area contributed by atoms with Gasteiger partial charge in [0.25, 0.3) is 10.1 Å². The monoisotopic (exact) mass is 392 g/mol. The Morgan fingerprint density at radius 3 is 2.41 bits per heavy atom. The summed E-state index contributed by atoms with van der Waals surface area (Å²) in [6, 6.07) is 6.62. The molecule has 1 aliphatic carbocycles. The third-order valence-corrected chi connectivity index (χ3v) is 6.25. The molecule has 6 heteroatoms. The second-order valence-corrected chi connectivity index (χ2v) is 8.89. The van der Waals surface area contributed by atoms with Gasteiger partial charge < -0.3 is 0 Å². The largest absolute Gasteiger partial charge is 0.296 e. The molecule has 1 aromatic rings. The lowest BCUT2D eigenvalue weighted by Gasteiger charge is -2.06. The fourth-order valence-electron chi connectivity index (χ4n) is 2.37. The summed E-state index contributed by atoms with van der Waals surface area (Å²) >= 11 is 3.04. The quantitative estimate of drug-likeness (QED) is 0.346. The van der Waals surface area contributed by atoms with Crippen LogP contribution >= 0.6 is 15.9 Å². The highest BCUT2D eigenvalue weighted by molar-refractivity contribution is 9.10. The highest BCUT2D eigenvalue weighted by Crippen LogP contribution is 2.54. The molecule has 1 aliphatic rings. The van der Waals surface area contributed by atoms with E-state index in [0.29, 0.717) is 12.8 Å². The number of halogens is 2. The second-order valence-electron chi connectivity index (χ2n) is 5.95. The minimum Gasteiger partial charge on any atom is -0.266 e. The number of benzene rings is 1. The molecule has 0 aromatic heterocycles. The average Bonchev–Trinajstić information content (AvgIpc) is 3.05. The van der Waals surface area contributed by atoms with Gasteiger partial charge in [-0.05, 0) is 54.2 Å². The number of rotatable bonds is 9. The lowest BCUT2D eigenvalue weighted by molar-refractivity contribution is 0.305. The van der Waals surface area contributed by atoms with Gasteiger partial charge in [-0.3, -0.25) is 4.18 Å². The number of alkyl halides is 2. The lowest BCUT2D eigenvalue weighted by Crippen LogP contribution is -2.07. The first kappa shape index (κ1) is 17.9. The van der Waals surface area contributed by atoms with Gasteiger partial charge in [0.15, 0.2) is 4.58 Å². The maximum atomic E-state index is 13.2. The van der Waals surface area contributed by atoms with Crippen molar-refractivity contribution < 1.29 is 17.0 Å². The Labute approximate surface area is 140 Å². The normalized spacial score (nSPS) is 24.4. The molecular formula is C16H22BrFO3S. The molecule has 0 saturated heterocycles. The summed E-state index contributed by atoms with van der Waals surface area (Å²) in [5.74, 6) is 0.158. The van der Waals surface area contributed by atoms with Gasteiger partial charge in [0.2, 0.25) is 0 Å². The molecule has 1 aromatic carbocycles. The first-order chi connectivity index (χ1) is 10.3. The highest BCUT2D eigenvalue weighted by atomic mass is 79.9. The molecule has 0 heterocycles. The SMILES string of the molecule is Cc1ccc(S(=O)(=O)OCCCCCCC2CC2(F)Br)cc1. The molecular weight excluding hydrogens is 371 g/mol. The minimum absolute atomic E-state index is 0.158. The Kier molecular flexibility index (Phi) is 6.02. The van der Waals surface area contributed by atoms with Gasteiger partial charge in [0.1, 0.15) is 0 Å². The maximum Gasteiger partial charge on any atom is 0.296 e. The molecule has 0 N–H and O–H groups in total. The molecule has 0 amide bonds. The van der Waals surface area contributed by atoms with Gasteiger partial charge in [0, 0.05) is 5.92 Å². The van der Waals surface area contributed by atoms with Crippen molar-refractivity contribution in [2.45, 2.75) is 54.9 Å². The van der Waals surface area contributed by atoms with E-state index in [1.807, 2.05) is 6.92 Å². The highest BCUT2D eigenvalue weighted by Gasteiger charge is 2.52. The Morgan fingerprint density at radius 2 is 1.82 bits per heavy atom. The van der Waals surface area contributed by atoms with Crippen molar-refractivity contribution in [2.75, 3.05) is 6.61 Å². The van der Waals surface area contributed by atoms with Crippen LogP contribution in [-0.4, -0.2) is 19.6 Å². The van der Waals surface area contributed by atoms with Crippen LogP contribution in [0.4, 0.5) is 4.39 Å². The predicted molar refractivity (Wildman–Crippen MR) is 88.3 cm³/mol. The Morgan fingerprint density at radius 1 is 1.23 bits per heavy atom. The summed E-state index contributed by atoms with van der Waals surface area (Å²) in [6.45, 7) is 2.10. The molecule has 2 unspecified atom stereocenters. The Bertz CT molecular complexity index is 584. The third-order valence-electron chi connectivity index (χ3n) is 3.95. The van der Waals surface area contributed by atoms with E-state index >= 15 is 0 Å². The Balaban J connectivity index is 1.59. The van der Waals surface area contributed by atoms with E-state index in [1.54, 1.807) is 24.3 Å². The van der Waals surface area contributed by atoms with Crippen molar-refractivity contribution >= 4 is 26.0 Å². The van der Waals surface area contributed by atoms with E-state index in [9.17, 15) is 12.8 Å². The van der Waals surface area contributed by atoms with Crippen molar-refractivity contribution in [1.29, 1.82) is 0 Å². The molecule has 2 atom stereocenters. The van der Waals surface area contributed by atoms with E-state index in [4.69, 9.17) is 4.18 Å². The summed E-state index contributed by atoms with van der Waals surface area (Å²) < 4.78 is 41.0. The molecule has 0 bridgehead atoms. The van der Waals surface area contributed by atoms with Crippen LogP contribution in [0.5, 0.6) is 0 Å². The fraction of sp³-hybridized carbons (Fsp3) is 0.625. The number of hydrogen-bond donors (Lipinski definition) is 0. The van der Waals surface area contributed by atoms with Gasteiger partial charge >= 0.3 is 0 Å². The van der Waals surface area contributed by atoms with Crippen molar-refractivity contribution in [3.8, 4) is 0 Å². The Hall–Kier alpha value is -0.460. The maximum absolute atomic E-state index is 13.2. The van der Waals surface area contributed by atoms with Gasteiger partial charge in [-0.2, -0.15) is 8.42 Å². The zero-order valence-corrected chi connectivity index (χ0v) is 15.1. The minimum atomic E-state index is -3.64. The van der Waals surface area contributed by atoms with E-state index < -0.39 is 14.7 Å². The predicted octanol–water partition coefficient (Wildman–Crippen LogP) is 4.73. The summed E-state index contributed by atoms with van der Waals surface area (Å²) in [5.41, 5.74) is 1.01. The van der Waals surface area contributed by atoms with Crippen LogP contribution in [0.25, 0.3) is 0 Å². The van der Waals surface area contributed by atoms with Crippen molar-refractivity contribution in [2.24, 2.45) is 5.92 Å². The molecule has 1 fully saturated rings. The molecule has 0 radical (unpaired) electrons. The van der Waals surface area contributed by atoms with E-state index in [0.717, 1.165) is 31.2 Å². The third kappa shape index (κ3) is 5.32. The number of unbranched alkanes of at least 4 members (excludes halogenated alkanes) is 3. The van der Waals surface area contributed by atoms with Crippen LogP contribution in [0.15, 0.2) is 29.2 Å². The number of aryl methyl sites for hydroxylation is 1. The average molecular weight is 393 g/mol.